The molecule has 5 nitrogen and oxygen atoms in total. The lowest BCUT2D eigenvalue weighted by molar-refractivity contribution is -0.142. The van der Waals surface area contributed by atoms with E-state index in [2.05, 4.69) is 15.0 Å². The molecular weight excluding hydrogens is 208 g/mol. The highest BCUT2D eigenvalue weighted by Gasteiger charge is 2.27. The number of nitrogens with one attached hydrogen (secondary N) is 1. The number of carbonyl (C=O) groups is 2. The van der Waals surface area contributed by atoms with Gasteiger partial charge in [-0.05, 0) is 19.4 Å². The van der Waals surface area contributed by atoms with Crippen LogP contribution in [0.1, 0.15) is 25.7 Å². The van der Waals surface area contributed by atoms with Gasteiger partial charge in [0.25, 0.3) is 0 Å². The standard InChI is InChI=1S/C11H20N2O3/c1-12-11(15)9-5-3-4-7-13(9)8-6-10(14)16-2/h9H,3-8H2,1-2H3,(H,12,15). The zero-order valence-electron chi connectivity index (χ0n) is 9.99. The number of hydrogen-bond donors (Lipinski definition) is 1. The molecule has 1 atom stereocenters. The maximum absolute atomic E-state index is 11.6. The molecule has 1 fully saturated rings. The molecule has 0 aromatic carbocycles. The van der Waals surface area contributed by atoms with Gasteiger partial charge in [-0.1, -0.05) is 6.42 Å². The van der Waals surface area contributed by atoms with Crippen LogP contribution in [-0.4, -0.2) is 50.1 Å². The van der Waals surface area contributed by atoms with Gasteiger partial charge in [0.05, 0.1) is 19.6 Å². The Bertz CT molecular complexity index is 256. The smallest absolute Gasteiger partial charge is 0.306 e. The van der Waals surface area contributed by atoms with Crippen molar-refractivity contribution in [3.05, 3.63) is 0 Å². The number of nitrogens with zero attached hydrogens (tertiary/aromatic N) is 1. The van der Waals surface area contributed by atoms with Crippen LogP contribution in [0.3, 0.4) is 0 Å². The number of ether oxygens (including phenoxy) is 1. The fraction of sp³-hybridized carbons (Fsp3) is 0.818. The predicted molar refractivity (Wildman–Crippen MR) is 59.9 cm³/mol. The maximum atomic E-state index is 11.6. The van der Waals surface area contributed by atoms with E-state index in [1.807, 2.05) is 0 Å². The van der Waals surface area contributed by atoms with Crippen LogP contribution in [0.5, 0.6) is 0 Å². The van der Waals surface area contributed by atoms with E-state index in [1.165, 1.54) is 7.11 Å². The first kappa shape index (κ1) is 13.0. The molecule has 0 spiro atoms. The second kappa shape index (κ2) is 6.48. The molecule has 0 bridgehead atoms. The van der Waals surface area contributed by atoms with Crippen molar-refractivity contribution in [2.75, 3.05) is 27.2 Å². The Morgan fingerprint density at radius 3 is 2.81 bits per heavy atom. The van der Waals surface area contributed by atoms with Crippen LogP contribution in [0.2, 0.25) is 0 Å². The lowest BCUT2D eigenvalue weighted by Gasteiger charge is -2.33. The Labute approximate surface area is 96.1 Å². The summed E-state index contributed by atoms with van der Waals surface area (Å²) in [6.45, 7) is 1.49. The van der Waals surface area contributed by atoms with E-state index in [0.717, 1.165) is 25.8 Å². The fourth-order valence-corrected chi connectivity index (χ4v) is 2.06. The monoisotopic (exact) mass is 228 g/mol. The Kier molecular flexibility index (Phi) is 5.25. The summed E-state index contributed by atoms with van der Waals surface area (Å²) in [7, 11) is 3.03. The van der Waals surface area contributed by atoms with Gasteiger partial charge in [-0.25, -0.2) is 0 Å². The Morgan fingerprint density at radius 2 is 2.19 bits per heavy atom. The number of carbonyl (C=O) groups excluding carboxylic acids is 2. The number of hydrogen-bond acceptors (Lipinski definition) is 4. The van der Waals surface area contributed by atoms with E-state index in [9.17, 15) is 9.59 Å². The van der Waals surface area contributed by atoms with E-state index in [4.69, 9.17) is 0 Å². The number of likely N-dealkylation sites (tertiary alicyclic amines) is 1. The van der Waals surface area contributed by atoms with Crippen molar-refractivity contribution in [2.24, 2.45) is 0 Å². The largest absolute Gasteiger partial charge is 0.469 e. The molecule has 0 saturated carbocycles. The molecular formula is C11H20N2O3. The molecule has 1 amide bonds. The van der Waals surface area contributed by atoms with Crippen molar-refractivity contribution in [1.82, 2.24) is 10.2 Å². The summed E-state index contributed by atoms with van der Waals surface area (Å²) >= 11 is 0. The van der Waals surface area contributed by atoms with Gasteiger partial charge in [-0.15, -0.1) is 0 Å². The van der Waals surface area contributed by atoms with Crippen LogP contribution in [0.15, 0.2) is 0 Å². The molecule has 5 heteroatoms. The molecule has 1 aliphatic rings. The number of methoxy groups -OCH3 is 1. The van der Waals surface area contributed by atoms with Crippen LogP contribution < -0.4 is 5.32 Å². The third-order valence-electron chi connectivity index (χ3n) is 2.99. The first-order chi connectivity index (χ1) is 7.69. The number of esters is 1. The molecule has 0 aromatic rings. The lowest BCUT2D eigenvalue weighted by atomic mass is 10.0. The van der Waals surface area contributed by atoms with Gasteiger partial charge >= 0.3 is 5.97 Å². The van der Waals surface area contributed by atoms with Crippen molar-refractivity contribution in [2.45, 2.75) is 31.7 Å². The molecule has 16 heavy (non-hydrogen) atoms. The molecule has 92 valence electrons. The first-order valence-electron chi connectivity index (χ1n) is 5.71. The van der Waals surface area contributed by atoms with E-state index < -0.39 is 0 Å². The van der Waals surface area contributed by atoms with Gasteiger partial charge < -0.3 is 10.1 Å². The van der Waals surface area contributed by atoms with Gasteiger partial charge in [0.2, 0.25) is 5.91 Å². The van der Waals surface area contributed by atoms with E-state index in [0.29, 0.717) is 13.0 Å². The number of likely N-dealkylation sites (N-methyl/N-ethyl adjacent to an activating group) is 1. The SMILES string of the molecule is CNC(=O)C1CCCCN1CCC(=O)OC. The minimum atomic E-state index is -0.221. The molecule has 1 saturated heterocycles. The summed E-state index contributed by atoms with van der Waals surface area (Å²) in [6.07, 6.45) is 3.40. The van der Waals surface area contributed by atoms with Gasteiger partial charge in [-0.3, -0.25) is 14.5 Å². The quantitative estimate of drug-likeness (QED) is 0.696. The van der Waals surface area contributed by atoms with Crippen LogP contribution in [0, 0.1) is 0 Å². The lowest BCUT2D eigenvalue weighted by Crippen LogP contribution is -2.49. The van der Waals surface area contributed by atoms with Gasteiger partial charge in [0, 0.05) is 13.6 Å². The van der Waals surface area contributed by atoms with E-state index in [1.54, 1.807) is 7.05 Å². The zero-order valence-corrected chi connectivity index (χ0v) is 9.99. The average Bonchev–Trinajstić information content (AvgIpc) is 2.35. The Balaban J connectivity index is 2.47. The minimum Gasteiger partial charge on any atom is -0.469 e. The summed E-state index contributed by atoms with van der Waals surface area (Å²) in [4.78, 5) is 24.7. The minimum absolute atomic E-state index is 0.0459. The van der Waals surface area contributed by atoms with E-state index >= 15 is 0 Å². The maximum Gasteiger partial charge on any atom is 0.306 e. The van der Waals surface area contributed by atoms with Crippen LogP contribution >= 0.6 is 0 Å². The molecule has 1 N–H and O–H groups in total. The molecule has 1 aliphatic heterocycles. The second-order valence-electron chi connectivity index (χ2n) is 3.99. The van der Waals surface area contributed by atoms with Gasteiger partial charge in [0.1, 0.15) is 0 Å². The van der Waals surface area contributed by atoms with Crippen LogP contribution in [-0.2, 0) is 14.3 Å². The number of amides is 1. The number of rotatable bonds is 4. The number of piperidine rings is 1. The van der Waals surface area contributed by atoms with Gasteiger partial charge in [0.15, 0.2) is 0 Å². The molecule has 1 unspecified atom stereocenters. The van der Waals surface area contributed by atoms with Crippen LogP contribution in [0.4, 0.5) is 0 Å². The van der Waals surface area contributed by atoms with Crippen LogP contribution in [0.25, 0.3) is 0 Å². The summed E-state index contributed by atoms with van der Waals surface area (Å²) in [6, 6.07) is -0.0802. The first-order valence-corrected chi connectivity index (χ1v) is 5.71. The molecule has 0 aromatic heterocycles. The Hall–Kier alpha value is -1.10. The molecule has 0 radical (unpaired) electrons. The normalized spacial score (nSPS) is 21.5. The third kappa shape index (κ3) is 3.48. The van der Waals surface area contributed by atoms with Crippen molar-refractivity contribution in [3.8, 4) is 0 Å². The van der Waals surface area contributed by atoms with E-state index in [-0.39, 0.29) is 17.9 Å². The highest BCUT2D eigenvalue weighted by atomic mass is 16.5. The summed E-state index contributed by atoms with van der Waals surface area (Å²) < 4.78 is 4.60. The Morgan fingerprint density at radius 1 is 1.44 bits per heavy atom. The molecule has 0 aliphatic carbocycles. The predicted octanol–water partition coefficient (Wildman–Crippen LogP) is 0.150. The summed E-state index contributed by atoms with van der Waals surface area (Å²) in [5.41, 5.74) is 0. The van der Waals surface area contributed by atoms with Crippen molar-refractivity contribution in [1.29, 1.82) is 0 Å². The highest BCUT2D eigenvalue weighted by Crippen LogP contribution is 2.17. The fourth-order valence-electron chi connectivity index (χ4n) is 2.06. The van der Waals surface area contributed by atoms with Gasteiger partial charge in [-0.2, -0.15) is 0 Å². The topological polar surface area (TPSA) is 58.6 Å². The van der Waals surface area contributed by atoms with Crippen molar-refractivity contribution < 1.29 is 14.3 Å². The summed E-state index contributed by atoms with van der Waals surface area (Å²) in [5.74, 6) is -0.175. The summed E-state index contributed by atoms with van der Waals surface area (Å²) in [5, 5.41) is 2.67. The van der Waals surface area contributed by atoms with Crippen molar-refractivity contribution >= 4 is 11.9 Å². The molecule has 1 rings (SSSR count). The third-order valence-corrected chi connectivity index (χ3v) is 2.99. The highest BCUT2D eigenvalue weighted by molar-refractivity contribution is 5.81. The van der Waals surface area contributed by atoms with Crippen molar-refractivity contribution in [3.63, 3.8) is 0 Å². The zero-order chi connectivity index (χ0) is 12.0. The molecule has 1 heterocycles. The second-order valence-corrected chi connectivity index (χ2v) is 3.99. The average molecular weight is 228 g/mol.